The van der Waals surface area contributed by atoms with E-state index in [0.29, 0.717) is 6.42 Å². The number of hydrogen-bond acceptors (Lipinski definition) is 1. The molecule has 2 aromatic rings. The Hall–Kier alpha value is -1.54. The third kappa shape index (κ3) is 1.79. The number of hydrogen-bond donors (Lipinski definition) is 1. The van der Waals surface area contributed by atoms with Gasteiger partial charge >= 0.3 is 0 Å². The molecule has 3 rings (SSSR count). The first-order chi connectivity index (χ1) is 8.25. The van der Waals surface area contributed by atoms with Gasteiger partial charge in [-0.1, -0.05) is 30.3 Å². The number of aryl methyl sites for hydroxylation is 1. The van der Waals surface area contributed by atoms with Crippen LogP contribution in [0.25, 0.3) is 10.8 Å². The molecule has 0 saturated heterocycles. The monoisotopic (exact) mass is 245 g/mol. The molecule has 0 saturated carbocycles. The van der Waals surface area contributed by atoms with Crippen molar-refractivity contribution in [3.8, 4) is 0 Å². The molecular formula is C14H12ClNO. The summed E-state index contributed by atoms with van der Waals surface area (Å²) >= 11 is 6.00. The van der Waals surface area contributed by atoms with E-state index in [2.05, 4.69) is 17.4 Å². The number of nitrogens with one attached hydrogen (secondary N) is 1. The van der Waals surface area contributed by atoms with Crippen LogP contribution in [0.15, 0.2) is 36.4 Å². The topological polar surface area (TPSA) is 29.1 Å². The SMILES string of the molecule is O=C1Nc2ccc3ccccc3c2CCC1Cl. The molecule has 0 spiro atoms. The molecular weight excluding hydrogens is 234 g/mol. The molecule has 3 heteroatoms. The summed E-state index contributed by atoms with van der Waals surface area (Å²) < 4.78 is 0. The number of anilines is 1. The summed E-state index contributed by atoms with van der Waals surface area (Å²) in [7, 11) is 0. The zero-order chi connectivity index (χ0) is 11.8. The van der Waals surface area contributed by atoms with Crippen LogP contribution in [0.5, 0.6) is 0 Å². The maximum Gasteiger partial charge on any atom is 0.242 e. The standard InChI is InChI=1S/C14H12ClNO/c15-12-7-6-11-10-4-2-1-3-9(10)5-8-13(11)16-14(12)17/h1-5,8,12H,6-7H2,(H,16,17). The second-order valence-corrected chi connectivity index (χ2v) is 4.84. The lowest BCUT2D eigenvalue weighted by Crippen LogP contribution is -2.21. The molecule has 1 atom stereocenters. The highest BCUT2D eigenvalue weighted by Crippen LogP contribution is 2.30. The molecule has 1 aliphatic heterocycles. The van der Waals surface area contributed by atoms with Crippen molar-refractivity contribution < 1.29 is 4.79 Å². The van der Waals surface area contributed by atoms with Crippen molar-refractivity contribution in [3.63, 3.8) is 0 Å². The van der Waals surface area contributed by atoms with Crippen molar-refractivity contribution in [2.75, 3.05) is 5.32 Å². The van der Waals surface area contributed by atoms with E-state index < -0.39 is 5.38 Å². The minimum Gasteiger partial charge on any atom is -0.325 e. The lowest BCUT2D eigenvalue weighted by Gasteiger charge is -2.09. The van der Waals surface area contributed by atoms with Gasteiger partial charge in [-0.3, -0.25) is 4.79 Å². The largest absolute Gasteiger partial charge is 0.325 e. The van der Waals surface area contributed by atoms with Gasteiger partial charge in [-0.25, -0.2) is 0 Å². The van der Waals surface area contributed by atoms with Crippen molar-refractivity contribution in [2.24, 2.45) is 0 Å². The minimum atomic E-state index is -0.429. The molecule has 86 valence electrons. The van der Waals surface area contributed by atoms with E-state index in [9.17, 15) is 4.79 Å². The Labute approximate surface area is 105 Å². The Bertz CT molecular complexity index is 594. The molecule has 0 aromatic heterocycles. The van der Waals surface area contributed by atoms with Gasteiger partial charge < -0.3 is 5.32 Å². The van der Waals surface area contributed by atoms with Crippen molar-refractivity contribution in [1.82, 2.24) is 0 Å². The normalized spacial score (nSPS) is 19.6. The van der Waals surface area contributed by atoms with E-state index in [4.69, 9.17) is 11.6 Å². The average molecular weight is 246 g/mol. The van der Waals surface area contributed by atoms with Crippen LogP contribution in [0.1, 0.15) is 12.0 Å². The molecule has 1 aliphatic rings. The fourth-order valence-corrected chi connectivity index (χ4v) is 2.50. The van der Waals surface area contributed by atoms with Gasteiger partial charge in [0.25, 0.3) is 0 Å². The third-order valence-corrected chi connectivity index (χ3v) is 3.65. The Morgan fingerprint density at radius 1 is 1.18 bits per heavy atom. The van der Waals surface area contributed by atoms with Gasteiger partial charge in [-0.05, 0) is 35.2 Å². The number of amides is 1. The number of fused-ring (bicyclic) bond motifs is 3. The van der Waals surface area contributed by atoms with Gasteiger partial charge in [0.05, 0.1) is 0 Å². The molecule has 1 unspecified atom stereocenters. The number of halogens is 1. The Morgan fingerprint density at radius 2 is 2.00 bits per heavy atom. The van der Waals surface area contributed by atoms with Crippen LogP contribution in [-0.4, -0.2) is 11.3 Å². The van der Waals surface area contributed by atoms with Crippen molar-refractivity contribution in [3.05, 3.63) is 42.0 Å². The fourth-order valence-electron chi connectivity index (χ4n) is 2.34. The summed E-state index contributed by atoms with van der Waals surface area (Å²) in [6.07, 6.45) is 1.53. The molecule has 0 radical (unpaired) electrons. The molecule has 0 aliphatic carbocycles. The zero-order valence-corrected chi connectivity index (χ0v) is 10.00. The first-order valence-electron chi connectivity index (χ1n) is 5.71. The fraction of sp³-hybridized carbons (Fsp3) is 0.214. The smallest absolute Gasteiger partial charge is 0.242 e. The van der Waals surface area contributed by atoms with Crippen LogP contribution >= 0.6 is 11.6 Å². The molecule has 0 fully saturated rings. The van der Waals surface area contributed by atoms with Crippen LogP contribution in [0.3, 0.4) is 0 Å². The van der Waals surface area contributed by atoms with Gasteiger partial charge in [-0.15, -0.1) is 11.6 Å². The van der Waals surface area contributed by atoms with E-state index >= 15 is 0 Å². The highest BCUT2D eigenvalue weighted by molar-refractivity contribution is 6.32. The second kappa shape index (κ2) is 4.04. The van der Waals surface area contributed by atoms with Crippen LogP contribution in [-0.2, 0) is 11.2 Å². The first-order valence-corrected chi connectivity index (χ1v) is 6.15. The maximum absolute atomic E-state index is 11.7. The predicted octanol–water partition coefficient (Wildman–Crippen LogP) is 3.33. The maximum atomic E-state index is 11.7. The average Bonchev–Trinajstić information content (AvgIpc) is 2.50. The van der Waals surface area contributed by atoms with Crippen LogP contribution in [0.2, 0.25) is 0 Å². The molecule has 1 heterocycles. The number of carbonyl (C=O) groups excluding carboxylic acids is 1. The van der Waals surface area contributed by atoms with Gasteiger partial charge in [0.1, 0.15) is 5.38 Å². The molecule has 1 N–H and O–H groups in total. The minimum absolute atomic E-state index is 0.0966. The van der Waals surface area contributed by atoms with E-state index in [1.807, 2.05) is 24.3 Å². The first kappa shape index (κ1) is 10.6. The third-order valence-electron chi connectivity index (χ3n) is 3.23. The van der Waals surface area contributed by atoms with Gasteiger partial charge in [-0.2, -0.15) is 0 Å². The number of alkyl halides is 1. The van der Waals surface area contributed by atoms with E-state index in [1.165, 1.54) is 16.3 Å². The van der Waals surface area contributed by atoms with Gasteiger partial charge in [0.15, 0.2) is 0 Å². The van der Waals surface area contributed by atoms with Crippen molar-refractivity contribution >= 4 is 34.0 Å². The number of rotatable bonds is 0. The second-order valence-electron chi connectivity index (χ2n) is 4.31. The number of carbonyl (C=O) groups is 1. The van der Waals surface area contributed by atoms with Crippen molar-refractivity contribution in [1.29, 1.82) is 0 Å². The van der Waals surface area contributed by atoms with Crippen LogP contribution in [0.4, 0.5) is 5.69 Å². The Morgan fingerprint density at radius 3 is 2.88 bits per heavy atom. The van der Waals surface area contributed by atoms with E-state index in [-0.39, 0.29) is 5.91 Å². The summed E-state index contributed by atoms with van der Waals surface area (Å²) in [5.41, 5.74) is 2.09. The lowest BCUT2D eigenvalue weighted by atomic mass is 9.99. The lowest BCUT2D eigenvalue weighted by molar-refractivity contribution is -0.115. The highest BCUT2D eigenvalue weighted by atomic mass is 35.5. The summed E-state index contributed by atoms with van der Waals surface area (Å²) in [5, 5.41) is 4.87. The van der Waals surface area contributed by atoms with Gasteiger partial charge in [0.2, 0.25) is 5.91 Å². The Kier molecular flexibility index (Phi) is 2.52. The molecule has 1 amide bonds. The Balaban J connectivity index is 2.21. The van der Waals surface area contributed by atoms with E-state index in [1.54, 1.807) is 0 Å². The van der Waals surface area contributed by atoms with E-state index in [0.717, 1.165) is 12.1 Å². The van der Waals surface area contributed by atoms with Crippen LogP contribution < -0.4 is 5.32 Å². The van der Waals surface area contributed by atoms with Crippen LogP contribution in [0, 0.1) is 0 Å². The summed E-state index contributed by atoms with van der Waals surface area (Å²) in [6, 6.07) is 12.2. The molecule has 2 nitrogen and oxygen atoms in total. The summed E-state index contributed by atoms with van der Waals surface area (Å²) in [6.45, 7) is 0. The highest BCUT2D eigenvalue weighted by Gasteiger charge is 2.22. The number of benzene rings is 2. The predicted molar refractivity (Wildman–Crippen MR) is 70.5 cm³/mol. The molecule has 0 bridgehead atoms. The zero-order valence-electron chi connectivity index (χ0n) is 9.24. The quantitative estimate of drug-likeness (QED) is 0.709. The summed E-state index contributed by atoms with van der Waals surface area (Å²) in [4.78, 5) is 11.7. The summed E-state index contributed by atoms with van der Waals surface area (Å²) in [5.74, 6) is -0.0966. The molecule has 17 heavy (non-hydrogen) atoms. The van der Waals surface area contributed by atoms with Gasteiger partial charge in [0, 0.05) is 5.69 Å². The van der Waals surface area contributed by atoms with Crippen molar-refractivity contribution in [2.45, 2.75) is 18.2 Å². The molecule has 2 aromatic carbocycles.